The van der Waals surface area contributed by atoms with E-state index in [0.717, 1.165) is 18.8 Å². The van der Waals surface area contributed by atoms with Gasteiger partial charge in [0, 0.05) is 39.4 Å². The Morgan fingerprint density at radius 2 is 1.82 bits per heavy atom. The Morgan fingerprint density at radius 1 is 1.14 bits per heavy atom. The van der Waals surface area contributed by atoms with E-state index in [1.165, 1.54) is 5.56 Å². The summed E-state index contributed by atoms with van der Waals surface area (Å²) in [6.07, 6.45) is 0. The van der Waals surface area contributed by atoms with Gasteiger partial charge in [-0.3, -0.25) is 9.69 Å². The van der Waals surface area contributed by atoms with Crippen molar-refractivity contribution >= 4 is 11.6 Å². The Kier molecular flexibility index (Phi) is 6.90. The Hall–Kier alpha value is -2.57. The van der Waals surface area contributed by atoms with Gasteiger partial charge >= 0.3 is 0 Å². The molecule has 6 heteroatoms. The topological polar surface area (TPSA) is 54.0 Å². The molecular formula is C22H29N3O3. The number of benzene rings is 2. The molecule has 0 aromatic heterocycles. The molecule has 1 amide bonds. The largest absolute Gasteiger partial charge is 0.496 e. The average molecular weight is 383 g/mol. The van der Waals surface area contributed by atoms with Gasteiger partial charge in [-0.25, -0.2) is 0 Å². The summed E-state index contributed by atoms with van der Waals surface area (Å²) in [6, 6.07) is 15.9. The van der Waals surface area contributed by atoms with E-state index in [9.17, 15) is 4.79 Å². The van der Waals surface area contributed by atoms with Gasteiger partial charge in [0.25, 0.3) is 5.91 Å². The predicted molar refractivity (Wildman–Crippen MR) is 111 cm³/mol. The number of carbonyl (C=O) groups excluding carboxylic acids is 1. The number of para-hydroxylation sites is 1. The molecule has 1 heterocycles. The number of ether oxygens (including phenoxy) is 2. The minimum atomic E-state index is -0.124. The van der Waals surface area contributed by atoms with Crippen molar-refractivity contribution in [2.24, 2.45) is 0 Å². The first-order chi connectivity index (χ1) is 13.6. The van der Waals surface area contributed by atoms with Crippen LogP contribution in [-0.2, 0) is 4.74 Å². The Bertz CT molecular complexity index is 771. The van der Waals surface area contributed by atoms with Crippen LogP contribution in [0.2, 0.25) is 0 Å². The minimum Gasteiger partial charge on any atom is -0.496 e. The van der Waals surface area contributed by atoms with Gasteiger partial charge in [0.2, 0.25) is 0 Å². The molecule has 2 aromatic carbocycles. The molecule has 1 aliphatic heterocycles. The molecule has 0 saturated carbocycles. The van der Waals surface area contributed by atoms with E-state index in [4.69, 9.17) is 9.47 Å². The van der Waals surface area contributed by atoms with Crippen molar-refractivity contribution < 1.29 is 14.3 Å². The lowest BCUT2D eigenvalue weighted by molar-refractivity contribution is 0.0162. The van der Waals surface area contributed by atoms with Crippen LogP contribution in [0.4, 0.5) is 5.69 Å². The third-order valence-electron chi connectivity index (χ3n) is 5.09. The van der Waals surface area contributed by atoms with E-state index in [1.807, 2.05) is 26.2 Å². The Morgan fingerprint density at radius 3 is 2.46 bits per heavy atom. The number of nitrogens with one attached hydrogen (secondary N) is 1. The Balaban J connectivity index is 1.76. The van der Waals surface area contributed by atoms with Crippen molar-refractivity contribution in [1.82, 2.24) is 10.2 Å². The van der Waals surface area contributed by atoms with Crippen LogP contribution in [-0.4, -0.2) is 64.9 Å². The SMILES string of the molecule is COc1ccccc1C(=O)NC[C@H](c1ccc(N(C)C)cc1)N1CCOCC1. The summed E-state index contributed by atoms with van der Waals surface area (Å²) in [5.41, 5.74) is 2.89. The van der Waals surface area contributed by atoms with Gasteiger partial charge in [0.15, 0.2) is 0 Å². The molecule has 1 N–H and O–H groups in total. The first-order valence-electron chi connectivity index (χ1n) is 9.60. The maximum Gasteiger partial charge on any atom is 0.255 e. The lowest BCUT2D eigenvalue weighted by Crippen LogP contribution is -2.43. The molecule has 28 heavy (non-hydrogen) atoms. The monoisotopic (exact) mass is 383 g/mol. The smallest absolute Gasteiger partial charge is 0.255 e. The first-order valence-corrected chi connectivity index (χ1v) is 9.60. The van der Waals surface area contributed by atoms with Crippen molar-refractivity contribution in [3.8, 4) is 5.75 Å². The molecule has 0 radical (unpaired) electrons. The zero-order valence-corrected chi connectivity index (χ0v) is 16.9. The fourth-order valence-electron chi connectivity index (χ4n) is 3.46. The summed E-state index contributed by atoms with van der Waals surface area (Å²) in [7, 11) is 5.64. The fraction of sp³-hybridized carbons (Fsp3) is 0.409. The molecule has 150 valence electrons. The van der Waals surface area contributed by atoms with Gasteiger partial charge in [-0.1, -0.05) is 24.3 Å². The normalized spacial score (nSPS) is 15.7. The number of morpholine rings is 1. The molecule has 0 bridgehead atoms. The van der Waals surface area contributed by atoms with Crippen LogP contribution in [0.1, 0.15) is 22.0 Å². The van der Waals surface area contributed by atoms with Gasteiger partial charge in [-0.05, 0) is 29.8 Å². The number of nitrogens with zero attached hydrogens (tertiary/aromatic N) is 2. The van der Waals surface area contributed by atoms with E-state index in [0.29, 0.717) is 31.1 Å². The average Bonchev–Trinajstić information content (AvgIpc) is 2.74. The molecule has 6 nitrogen and oxygen atoms in total. The molecule has 0 aliphatic carbocycles. The maximum absolute atomic E-state index is 12.7. The molecule has 0 unspecified atom stereocenters. The van der Waals surface area contributed by atoms with Crippen molar-refractivity contribution in [3.63, 3.8) is 0 Å². The molecule has 3 rings (SSSR count). The number of hydrogen-bond donors (Lipinski definition) is 1. The number of rotatable bonds is 7. The molecule has 1 aliphatic rings. The number of hydrogen-bond acceptors (Lipinski definition) is 5. The van der Waals surface area contributed by atoms with E-state index < -0.39 is 0 Å². The number of carbonyl (C=O) groups is 1. The minimum absolute atomic E-state index is 0.0961. The molecule has 2 aromatic rings. The van der Waals surface area contributed by atoms with Crippen LogP contribution in [0.15, 0.2) is 48.5 Å². The van der Waals surface area contributed by atoms with Crippen LogP contribution < -0.4 is 15.0 Å². The summed E-state index contributed by atoms with van der Waals surface area (Å²) in [5.74, 6) is 0.457. The van der Waals surface area contributed by atoms with Crippen LogP contribution in [0.3, 0.4) is 0 Å². The second-order valence-electron chi connectivity index (χ2n) is 7.06. The maximum atomic E-state index is 12.7. The molecule has 1 atom stereocenters. The van der Waals surface area contributed by atoms with Crippen LogP contribution in [0.25, 0.3) is 0 Å². The third kappa shape index (κ3) is 4.82. The molecule has 1 fully saturated rings. The quantitative estimate of drug-likeness (QED) is 0.796. The number of amides is 1. The summed E-state index contributed by atoms with van der Waals surface area (Å²) < 4.78 is 10.8. The number of methoxy groups -OCH3 is 1. The lowest BCUT2D eigenvalue weighted by atomic mass is 10.0. The highest BCUT2D eigenvalue weighted by atomic mass is 16.5. The Labute approximate surface area is 167 Å². The second-order valence-corrected chi connectivity index (χ2v) is 7.06. The second kappa shape index (κ2) is 9.57. The number of anilines is 1. The summed E-state index contributed by atoms with van der Waals surface area (Å²) >= 11 is 0. The van der Waals surface area contributed by atoms with Crippen molar-refractivity contribution in [1.29, 1.82) is 0 Å². The highest BCUT2D eigenvalue weighted by Crippen LogP contribution is 2.24. The zero-order valence-electron chi connectivity index (χ0n) is 16.9. The lowest BCUT2D eigenvalue weighted by Gasteiger charge is -2.35. The molecule has 0 spiro atoms. The fourth-order valence-corrected chi connectivity index (χ4v) is 3.46. The highest BCUT2D eigenvalue weighted by molar-refractivity contribution is 5.96. The van der Waals surface area contributed by atoms with Crippen molar-refractivity contribution in [2.75, 3.05) is 59.0 Å². The van der Waals surface area contributed by atoms with Crippen LogP contribution >= 0.6 is 0 Å². The van der Waals surface area contributed by atoms with E-state index in [-0.39, 0.29) is 11.9 Å². The summed E-state index contributed by atoms with van der Waals surface area (Å²) in [4.78, 5) is 17.2. The van der Waals surface area contributed by atoms with Crippen LogP contribution in [0.5, 0.6) is 5.75 Å². The molecule has 1 saturated heterocycles. The highest BCUT2D eigenvalue weighted by Gasteiger charge is 2.24. The summed E-state index contributed by atoms with van der Waals surface area (Å²) in [5, 5.41) is 3.10. The van der Waals surface area contributed by atoms with Crippen LogP contribution in [0, 0.1) is 0 Å². The summed E-state index contributed by atoms with van der Waals surface area (Å²) in [6.45, 7) is 3.66. The van der Waals surface area contributed by atoms with Gasteiger partial charge in [0.1, 0.15) is 5.75 Å². The van der Waals surface area contributed by atoms with Gasteiger partial charge in [-0.2, -0.15) is 0 Å². The third-order valence-corrected chi connectivity index (χ3v) is 5.09. The zero-order chi connectivity index (χ0) is 19.9. The molecular weight excluding hydrogens is 354 g/mol. The first kappa shape index (κ1) is 20.2. The van der Waals surface area contributed by atoms with Gasteiger partial charge in [0.05, 0.1) is 31.9 Å². The van der Waals surface area contributed by atoms with E-state index >= 15 is 0 Å². The van der Waals surface area contributed by atoms with E-state index in [1.54, 1.807) is 19.2 Å². The van der Waals surface area contributed by atoms with Gasteiger partial charge < -0.3 is 19.7 Å². The van der Waals surface area contributed by atoms with Crippen molar-refractivity contribution in [2.45, 2.75) is 6.04 Å². The van der Waals surface area contributed by atoms with Crippen molar-refractivity contribution in [3.05, 3.63) is 59.7 Å². The predicted octanol–water partition coefficient (Wildman–Crippen LogP) is 2.56. The van der Waals surface area contributed by atoms with Gasteiger partial charge in [-0.15, -0.1) is 0 Å². The van der Waals surface area contributed by atoms with E-state index in [2.05, 4.69) is 39.4 Å². The standard InChI is InChI=1S/C22H29N3O3/c1-24(2)18-10-8-17(9-11-18)20(25-12-14-28-15-13-25)16-23-22(26)19-6-4-5-7-21(19)27-3/h4-11,20H,12-16H2,1-3H3,(H,23,26)/t20-/m1/s1.